The van der Waals surface area contributed by atoms with Crippen molar-refractivity contribution in [2.45, 2.75) is 12.8 Å². The highest BCUT2D eigenvalue weighted by Gasteiger charge is 2.23. The number of carbonyl (C=O) groups excluding carboxylic acids is 1. The number of isothiocyanates is 1. The van der Waals surface area contributed by atoms with Gasteiger partial charge in [-0.05, 0) is 30.8 Å². The van der Waals surface area contributed by atoms with Crippen molar-refractivity contribution in [1.29, 1.82) is 0 Å². The Hall–Kier alpha value is -1.58. The summed E-state index contributed by atoms with van der Waals surface area (Å²) in [5.41, 5.74) is 0.720. The van der Waals surface area contributed by atoms with Crippen molar-refractivity contribution in [3.8, 4) is 0 Å². The number of thiocarbonyl (C=S) groups is 1. The number of aliphatic imine (C=N–C) groups is 1. The SMILES string of the molecule is O=C1CCCN1c1cccnc1N=C=S. The summed E-state index contributed by atoms with van der Waals surface area (Å²) in [4.78, 5) is 21.1. The zero-order chi connectivity index (χ0) is 10.7. The molecule has 1 amide bonds. The minimum atomic E-state index is 0.115. The Bertz CT molecular complexity index is 440. The van der Waals surface area contributed by atoms with E-state index in [9.17, 15) is 4.79 Å². The summed E-state index contributed by atoms with van der Waals surface area (Å²) in [6, 6.07) is 3.60. The second-order valence-electron chi connectivity index (χ2n) is 3.20. The normalized spacial score (nSPS) is 15.2. The van der Waals surface area contributed by atoms with Crippen LogP contribution in [-0.4, -0.2) is 22.6 Å². The van der Waals surface area contributed by atoms with Crippen LogP contribution >= 0.6 is 12.2 Å². The molecule has 0 saturated carbocycles. The minimum absolute atomic E-state index is 0.115. The quantitative estimate of drug-likeness (QED) is 0.564. The molecule has 2 heterocycles. The molecule has 1 aromatic rings. The Morgan fingerprint density at radius 3 is 3.13 bits per heavy atom. The molecule has 1 aliphatic rings. The summed E-state index contributed by atoms with van der Waals surface area (Å²) in [7, 11) is 0. The number of rotatable bonds is 2. The third kappa shape index (κ3) is 1.93. The smallest absolute Gasteiger partial charge is 0.227 e. The van der Waals surface area contributed by atoms with Crippen molar-refractivity contribution in [1.82, 2.24) is 4.98 Å². The van der Waals surface area contributed by atoms with Gasteiger partial charge in [0, 0.05) is 19.2 Å². The molecule has 1 aromatic heterocycles. The Morgan fingerprint density at radius 1 is 1.60 bits per heavy atom. The fourth-order valence-corrected chi connectivity index (χ4v) is 1.72. The maximum atomic E-state index is 11.5. The van der Waals surface area contributed by atoms with Crippen molar-refractivity contribution in [3.63, 3.8) is 0 Å². The second kappa shape index (κ2) is 4.29. The van der Waals surface area contributed by atoms with E-state index in [-0.39, 0.29) is 5.91 Å². The van der Waals surface area contributed by atoms with E-state index in [2.05, 4.69) is 27.4 Å². The maximum Gasteiger partial charge on any atom is 0.227 e. The molecule has 0 radical (unpaired) electrons. The van der Waals surface area contributed by atoms with Crippen molar-refractivity contribution in [2.75, 3.05) is 11.4 Å². The maximum absolute atomic E-state index is 11.5. The molecule has 0 unspecified atom stereocenters. The van der Waals surface area contributed by atoms with Gasteiger partial charge in [-0.1, -0.05) is 0 Å². The van der Waals surface area contributed by atoms with Gasteiger partial charge >= 0.3 is 0 Å². The molecule has 5 heteroatoms. The lowest BCUT2D eigenvalue weighted by molar-refractivity contribution is -0.117. The predicted octanol–water partition coefficient (Wildman–Crippen LogP) is 1.94. The molecule has 0 aromatic carbocycles. The average molecular weight is 219 g/mol. The summed E-state index contributed by atoms with van der Waals surface area (Å²) in [6.45, 7) is 0.727. The van der Waals surface area contributed by atoms with Gasteiger partial charge in [-0.3, -0.25) is 4.79 Å². The number of carbonyl (C=O) groups is 1. The average Bonchev–Trinajstić information content (AvgIpc) is 2.66. The Kier molecular flexibility index (Phi) is 2.85. The van der Waals surface area contributed by atoms with E-state index in [1.165, 1.54) is 0 Å². The summed E-state index contributed by atoms with van der Waals surface area (Å²) < 4.78 is 0. The molecule has 1 aliphatic heterocycles. The lowest BCUT2D eigenvalue weighted by atomic mass is 10.3. The number of pyridine rings is 1. The van der Waals surface area contributed by atoms with Crippen molar-refractivity contribution >= 4 is 34.8 Å². The van der Waals surface area contributed by atoms with E-state index in [1.807, 2.05) is 6.07 Å². The fraction of sp³-hybridized carbons (Fsp3) is 0.300. The zero-order valence-electron chi connectivity index (χ0n) is 8.01. The van der Waals surface area contributed by atoms with Crippen LogP contribution in [-0.2, 0) is 4.79 Å². The first-order valence-electron chi connectivity index (χ1n) is 4.66. The molecular weight excluding hydrogens is 210 g/mol. The number of hydrogen-bond donors (Lipinski definition) is 0. The summed E-state index contributed by atoms with van der Waals surface area (Å²) in [5.74, 6) is 0.576. The van der Waals surface area contributed by atoms with Crippen molar-refractivity contribution in [2.24, 2.45) is 4.99 Å². The van der Waals surface area contributed by atoms with E-state index in [4.69, 9.17) is 0 Å². The predicted molar refractivity (Wildman–Crippen MR) is 60.5 cm³/mol. The van der Waals surface area contributed by atoms with Crippen molar-refractivity contribution in [3.05, 3.63) is 18.3 Å². The van der Waals surface area contributed by atoms with Crippen LogP contribution in [0.3, 0.4) is 0 Å². The number of amides is 1. The molecule has 15 heavy (non-hydrogen) atoms. The molecule has 2 rings (SSSR count). The zero-order valence-corrected chi connectivity index (χ0v) is 8.83. The van der Waals surface area contributed by atoms with Crippen LogP contribution in [0.15, 0.2) is 23.3 Å². The van der Waals surface area contributed by atoms with Crippen molar-refractivity contribution < 1.29 is 4.79 Å². The van der Waals surface area contributed by atoms with Crippen LogP contribution in [0.4, 0.5) is 11.5 Å². The summed E-state index contributed by atoms with van der Waals surface area (Å²) in [5, 5.41) is 2.27. The number of nitrogens with zero attached hydrogens (tertiary/aromatic N) is 3. The molecule has 0 atom stereocenters. The van der Waals surface area contributed by atoms with Crippen LogP contribution in [0.25, 0.3) is 0 Å². The molecule has 0 spiro atoms. The lowest BCUT2D eigenvalue weighted by Gasteiger charge is -2.16. The van der Waals surface area contributed by atoms with E-state index in [0.717, 1.165) is 18.7 Å². The Morgan fingerprint density at radius 2 is 2.47 bits per heavy atom. The molecule has 0 aliphatic carbocycles. The van der Waals surface area contributed by atoms with Gasteiger partial charge in [0.05, 0.1) is 10.8 Å². The van der Waals surface area contributed by atoms with E-state index in [0.29, 0.717) is 12.2 Å². The van der Waals surface area contributed by atoms with Gasteiger partial charge in [-0.2, -0.15) is 4.99 Å². The first-order valence-corrected chi connectivity index (χ1v) is 5.07. The molecule has 1 saturated heterocycles. The standard InChI is InChI=1S/C10H9N3OS/c14-9-4-2-6-13(9)8-3-1-5-11-10(8)12-7-15/h1,3,5H,2,4,6H2. The van der Waals surface area contributed by atoms with Crippen LogP contribution in [0.5, 0.6) is 0 Å². The molecule has 1 fully saturated rings. The van der Waals surface area contributed by atoms with Crippen LogP contribution in [0, 0.1) is 0 Å². The van der Waals surface area contributed by atoms with Crippen LogP contribution < -0.4 is 4.90 Å². The monoisotopic (exact) mass is 219 g/mol. The highest BCUT2D eigenvalue weighted by atomic mass is 32.1. The van der Waals surface area contributed by atoms with Gasteiger partial charge in [0.25, 0.3) is 0 Å². The highest BCUT2D eigenvalue weighted by Crippen LogP contribution is 2.28. The van der Waals surface area contributed by atoms with Gasteiger partial charge in [-0.25, -0.2) is 4.98 Å². The van der Waals surface area contributed by atoms with Crippen LogP contribution in [0.2, 0.25) is 0 Å². The topological polar surface area (TPSA) is 45.6 Å². The van der Waals surface area contributed by atoms with Gasteiger partial charge in [0.15, 0.2) is 5.82 Å². The number of hydrogen-bond acceptors (Lipinski definition) is 4. The van der Waals surface area contributed by atoms with E-state index >= 15 is 0 Å². The Balaban J connectivity index is 2.42. The van der Waals surface area contributed by atoms with Gasteiger partial charge in [0.2, 0.25) is 5.91 Å². The number of aromatic nitrogens is 1. The third-order valence-corrected chi connectivity index (χ3v) is 2.37. The fourth-order valence-electron chi connectivity index (χ4n) is 1.63. The second-order valence-corrected chi connectivity index (χ2v) is 3.38. The molecule has 76 valence electrons. The molecule has 4 nitrogen and oxygen atoms in total. The third-order valence-electron chi connectivity index (χ3n) is 2.28. The van der Waals surface area contributed by atoms with E-state index in [1.54, 1.807) is 17.2 Å². The first-order chi connectivity index (χ1) is 7.33. The molecule has 0 N–H and O–H groups in total. The van der Waals surface area contributed by atoms with Gasteiger partial charge in [-0.15, -0.1) is 0 Å². The number of anilines is 1. The lowest BCUT2D eigenvalue weighted by Crippen LogP contribution is -2.23. The largest absolute Gasteiger partial charge is 0.309 e. The first kappa shape index (κ1) is 9.96. The summed E-state index contributed by atoms with van der Waals surface area (Å²) >= 11 is 4.54. The molecular formula is C10H9N3OS. The highest BCUT2D eigenvalue weighted by molar-refractivity contribution is 7.78. The van der Waals surface area contributed by atoms with Gasteiger partial charge < -0.3 is 4.90 Å². The van der Waals surface area contributed by atoms with Crippen LogP contribution in [0.1, 0.15) is 12.8 Å². The minimum Gasteiger partial charge on any atom is -0.309 e. The van der Waals surface area contributed by atoms with E-state index < -0.39 is 0 Å². The summed E-state index contributed by atoms with van der Waals surface area (Å²) in [6.07, 6.45) is 3.10. The Labute approximate surface area is 92.6 Å². The van der Waals surface area contributed by atoms with Gasteiger partial charge in [0.1, 0.15) is 0 Å². The molecule has 0 bridgehead atoms.